The highest BCUT2D eigenvalue weighted by molar-refractivity contribution is 4.71. The molecular formula is C11H23NO. The Bertz CT molecular complexity index is 123. The monoisotopic (exact) mass is 185 g/mol. The van der Waals surface area contributed by atoms with Gasteiger partial charge in [-0.25, -0.2) is 0 Å². The zero-order valence-corrected chi connectivity index (χ0v) is 8.76. The van der Waals surface area contributed by atoms with Gasteiger partial charge in [-0.3, -0.25) is 0 Å². The molecule has 0 bridgehead atoms. The highest BCUT2D eigenvalue weighted by atomic mass is 16.2. The average Bonchev–Trinajstić information content (AvgIpc) is 2.06. The van der Waals surface area contributed by atoms with Gasteiger partial charge in [0, 0.05) is 12.6 Å². The van der Waals surface area contributed by atoms with Crippen molar-refractivity contribution < 1.29 is 5.11 Å². The molecule has 2 heteroatoms. The largest absolute Gasteiger partial charge is 0.396 e. The van der Waals surface area contributed by atoms with Gasteiger partial charge < -0.3 is 10.4 Å². The first-order chi connectivity index (χ1) is 6.33. The van der Waals surface area contributed by atoms with Crippen molar-refractivity contribution in [2.45, 2.75) is 51.5 Å². The molecule has 0 radical (unpaired) electrons. The number of nitrogens with one attached hydrogen (secondary N) is 1. The first kappa shape index (κ1) is 11.0. The fraction of sp³-hybridized carbons (Fsp3) is 1.00. The molecule has 1 rings (SSSR count). The summed E-state index contributed by atoms with van der Waals surface area (Å²) in [7, 11) is 0. The average molecular weight is 185 g/mol. The van der Waals surface area contributed by atoms with Crippen molar-refractivity contribution in [1.29, 1.82) is 0 Å². The Kier molecular flexibility index (Phi) is 5.40. The van der Waals surface area contributed by atoms with Crippen LogP contribution >= 0.6 is 0 Å². The second-order valence-corrected chi connectivity index (χ2v) is 4.31. The number of hydrogen-bond donors (Lipinski definition) is 2. The first-order valence-electron chi connectivity index (χ1n) is 5.67. The molecular weight excluding hydrogens is 162 g/mol. The van der Waals surface area contributed by atoms with Crippen LogP contribution in [0.3, 0.4) is 0 Å². The van der Waals surface area contributed by atoms with Crippen molar-refractivity contribution in [2.24, 2.45) is 5.92 Å². The van der Waals surface area contributed by atoms with E-state index in [-0.39, 0.29) is 0 Å². The van der Waals surface area contributed by atoms with Crippen LogP contribution in [0.5, 0.6) is 0 Å². The Morgan fingerprint density at radius 3 is 2.77 bits per heavy atom. The molecule has 13 heavy (non-hydrogen) atoms. The summed E-state index contributed by atoms with van der Waals surface area (Å²) in [6.07, 6.45) is 7.73. The Labute approximate surface area is 81.7 Å². The molecule has 78 valence electrons. The van der Waals surface area contributed by atoms with E-state index in [1.54, 1.807) is 0 Å². The van der Waals surface area contributed by atoms with Crippen LogP contribution in [0, 0.1) is 5.92 Å². The lowest BCUT2D eigenvalue weighted by atomic mass is 9.83. The van der Waals surface area contributed by atoms with Gasteiger partial charge in [0.05, 0.1) is 0 Å². The Morgan fingerprint density at radius 2 is 2.23 bits per heavy atom. The van der Waals surface area contributed by atoms with Gasteiger partial charge in [-0.15, -0.1) is 0 Å². The number of hydrogen-bond acceptors (Lipinski definition) is 2. The highest BCUT2D eigenvalue weighted by Gasteiger charge is 2.16. The van der Waals surface area contributed by atoms with Crippen LogP contribution in [0.25, 0.3) is 0 Å². The molecule has 0 heterocycles. The smallest absolute Gasteiger partial charge is 0.0431 e. The van der Waals surface area contributed by atoms with Crippen molar-refractivity contribution in [1.82, 2.24) is 5.32 Å². The standard InChI is InChI=1S/C11H23NO/c1-10(4-3-9-13)12-8-7-11-5-2-6-11/h10-13H,2-9H2,1H3. The maximum atomic E-state index is 8.65. The van der Waals surface area contributed by atoms with Crippen LogP contribution in [0.2, 0.25) is 0 Å². The summed E-state index contributed by atoms with van der Waals surface area (Å²) in [5.41, 5.74) is 0. The molecule has 1 atom stereocenters. The van der Waals surface area contributed by atoms with Crippen LogP contribution < -0.4 is 5.32 Å². The van der Waals surface area contributed by atoms with Crippen LogP contribution in [0.4, 0.5) is 0 Å². The van der Waals surface area contributed by atoms with Crippen molar-refractivity contribution >= 4 is 0 Å². The van der Waals surface area contributed by atoms with E-state index in [1.807, 2.05) is 0 Å². The topological polar surface area (TPSA) is 32.3 Å². The van der Waals surface area contributed by atoms with E-state index in [4.69, 9.17) is 5.11 Å². The molecule has 1 unspecified atom stereocenters. The van der Waals surface area contributed by atoms with Gasteiger partial charge in [-0.1, -0.05) is 19.3 Å². The summed E-state index contributed by atoms with van der Waals surface area (Å²) in [6, 6.07) is 0.576. The van der Waals surface area contributed by atoms with Gasteiger partial charge in [-0.05, 0) is 38.6 Å². The SMILES string of the molecule is CC(CCCO)NCCC1CCC1. The minimum absolute atomic E-state index is 0.328. The highest BCUT2D eigenvalue weighted by Crippen LogP contribution is 2.28. The van der Waals surface area contributed by atoms with E-state index in [2.05, 4.69) is 12.2 Å². The predicted molar refractivity (Wildman–Crippen MR) is 55.7 cm³/mol. The summed E-state index contributed by atoms with van der Waals surface area (Å²) in [4.78, 5) is 0. The second-order valence-electron chi connectivity index (χ2n) is 4.31. The van der Waals surface area contributed by atoms with Crippen LogP contribution in [0.1, 0.15) is 45.4 Å². The number of rotatable bonds is 7. The maximum absolute atomic E-state index is 8.65. The van der Waals surface area contributed by atoms with Crippen molar-refractivity contribution in [2.75, 3.05) is 13.2 Å². The van der Waals surface area contributed by atoms with Crippen molar-refractivity contribution in [3.63, 3.8) is 0 Å². The molecule has 0 saturated heterocycles. The lowest BCUT2D eigenvalue weighted by Gasteiger charge is -2.26. The number of aliphatic hydroxyl groups excluding tert-OH is 1. The van der Waals surface area contributed by atoms with E-state index in [0.29, 0.717) is 12.6 Å². The third kappa shape index (κ3) is 4.63. The normalized spacial score (nSPS) is 19.8. The van der Waals surface area contributed by atoms with Crippen LogP contribution in [-0.4, -0.2) is 24.3 Å². The molecule has 1 saturated carbocycles. The first-order valence-corrected chi connectivity index (χ1v) is 5.67. The molecule has 1 fully saturated rings. The fourth-order valence-corrected chi connectivity index (χ4v) is 1.81. The third-order valence-electron chi connectivity index (χ3n) is 3.07. The zero-order chi connectivity index (χ0) is 9.52. The summed E-state index contributed by atoms with van der Waals surface area (Å²) >= 11 is 0. The van der Waals surface area contributed by atoms with Crippen molar-refractivity contribution in [3.8, 4) is 0 Å². The quantitative estimate of drug-likeness (QED) is 0.635. The van der Waals surface area contributed by atoms with Gasteiger partial charge in [0.25, 0.3) is 0 Å². The molecule has 2 N–H and O–H groups in total. The Morgan fingerprint density at radius 1 is 1.46 bits per heavy atom. The summed E-state index contributed by atoms with van der Waals surface area (Å²) < 4.78 is 0. The van der Waals surface area contributed by atoms with Gasteiger partial charge in [0.15, 0.2) is 0 Å². The molecule has 0 aromatic heterocycles. The summed E-state index contributed by atoms with van der Waals surface area (Å²) in [6.45, 7) is 3.70. The molecule has 0 spiro atoms. The molecule has 0 aliphatic heterocycles. The fourth-order valence-electron chi connectivity index (χ4n) is 1.81. The van der Waals surface area contributed by atoms with E-state index >= 15 is 0 Å². The molecule has 0 amide bonds. The molecule has 2 nitrogen and oxygen atoms in total. The minimum Gasteiger partial charge on any atom is -0.396 e. The van der Waals surface area contributed by atoms with E-state index in [9.17, 15) is 0 Å². The molecule has 0 aromatic carbocycles. The summed E-state index contributed by atoms with van der Waals surface area (Å²) in [5, 5.41) is 12.2. The Hall–Kier alpha value is -0.0800. The summed E-state index contributed by atoms with van der Waals surface area (Å²) in [5.74, 6) is 1.01. The van der Waals surface area contributed by atoms with Crippen LogP contribution in [-0.2, 0) is 0 Å². The van der Waals surface area contributed by atoms with E-state index in [0.717, 1.165) is 25.3 Å². The molecule has 0 aromatic rings. The lowest BCUT2D eigenvalue weighted by molar-refractivity contribution is 0.268. The minimum atomic E-state index is 0.328. The van der Waals surface area contributed by atoms with Crippen LogP contribution in [0.15, 0.2) is 0 Å². The van der Waals surface area contributed by atoms with Gasteiger partial charge in [-0.2, -0.15) is 0 Å². The number of aliphatic hydroxyl groups is 1. The third-order valence-corrected chi connectivity index (χ3v) is 3.07. The zero-order valence-electron chi connectivity index (χ0n) is 8.76. The predicted octanol–water partition coefficient (Wildman–Crippen LogP) is 1.93. The van der Waals surface area contributed by atoms with Gasteiger partial charge in [0.2, 0.25) is 0 Å². The maximum Gasteiger partial charge on any atom is 0.0431 e. The Balaban J connectivity index is 1.85. The van der Waals surface area contributed by atoms with E-state index in [1.165, 1.54) is 25.7 Å². The van der Waals surface area contributed by atoms with Crippen molar-refractivity contribution in [3.05, 3.63) is 0 Å². The second kappa shape index (κ2) is 6.39. The molecule has 1 aliphatic rings. The van der Waals surface area contributed by atoms with Gasteiger partial charge in [0.1, 0.15) is 0 Å². The van der Waals surface area contributed by atoms with E-state index < -0.39 is 0 Å². The van der Waals surface area contributed by atoms with Gasteiger partial charge >= 0.3 is 0 Å². The lowest BCUT2D eigenvalue weighted by Crippen LogP contribution is -2.29. The molecule has 1 aliphatic carbocycles.